The molecule has 0 unspecified atom stereocenters. The van der Waals surface area contributed by atoms with Gasteiger partial charge < -0.3 is 20.1 Å². The number of piperazine rings is 1. The predicted octanol–water partition coefficient (Wildman–Crippen LogP) is 3.60. The summed E-state index contributed by atoms with van der Waals surface area (Å²) < 4.78 is 2.10. The van der Waals surface area contributed by atoms with E-state index in [0.29, 0.717) is 18.7 Å². The van der Waals surface area contributed by atoms with Crippen LogP contribution in [0.2, 0.25) is 0 Å². The maximum absolute atomic E-state index is 13.2. The molecule has 1 aliphatic heterocycles. The fourth-order valence-corrected chi connectivity index (χ4v) is 4.70. The van der Waals surface area contributed by atoms with Gasteiger partial charge in [-0.1, -0.05) is 42.5 Å². The highest BCUT2D eigenvalue weighted by atomic mass is 16.2. The zero-order chi connectivity index (χ0) is 24.4. The molecular weight excluding hydrogens is 436 g/mol. The van der Waals surface area contributed by atoms with Crippen molar-refractivity contribution in [1.29, 1.82) is 5.41 Å². The van der Waals surface area contributed by atoms with Crippen molar-refractivity contribution in [1.82, 2.24) is 14.5 Å². The van der Waals surface area contributed by atoms with Gasteiger partial charge in [-0.3, -0.25) is 10.2 Å². The van der Waals surface area contributed by atoms with Gasteiger partial charge in [0.1, 0.15) is 11.7 Å². The van der Waals surface area contributed by atoms with E-state index in [4.69, 9.17) is 16.1 Å². The van der Waals surface area contributed by atoms with Crippen molar-refractivity contribution in [3.8, 4) is 0 Å². The molecule has 1 amide bonds. The molecule has 0 saturated carbocycles. The Morgan fingerprint density at radius 2 is 1.60 bits per heavy atom. The van der Waals surface area contributed by atoms with Gasteiger partial charge in [-0.25, -0.2) is 4.98 Å². The molecule has 1 saturated heterocycles. The van der Waals surface area contributed by atoms with Crippen LogP contribution < -0.4 is 10.6 Å². The Labute approximate surface area is 205 Å². The molecule has 0 radical (unpaired) electrons. The maximum Gasteiger partial charge on any atom is 0.254 e. The molecule has 3 N–H and O–H groups in total. The number of hydrogen-bond acceptors (Lipinski definition) is 4. The van der Waals surface area contributed by atoms with E-state index in [0.717, 1.165) is 48.4 Å². The summed E-state index contributed by atoms with van der Waals surface area (Å²) in [6.45, 7) is 3.08. The van der Waals surface area contributed by atoms with Gasteiger partial charge in [-0.15, -0.1) is 0 Å². The van der Waals surface area contributed by atoms with Gasteiger partial charge in [0.05, 0.1) is 11.0 Å². The third-order valence-corrected chi connectivity index (χ3v) is 6.81. The van der Waals surface area contributed by atoms with Crippen LogP contribution in [-0.4, -0.2) is 52.4 Å². The molecule has 0 aliphatic carbocycles. The second-order valence-corrected chi connectivity index (χ2v) is 9.02. The smallest absolute Gasteiger partial charge is 0.254 e. The number of carbonyl (C=O) groups excluding carboxylic acids is 1. The number of nitrogens with two attached hydrogens (primary N) is 1. The van der Waals surface area contributed by atoms with E-state index in [1.807, 2.05) is 72.6 Å². The average Bonchev–Trinajstić information content (AvgIpc) is 3.22. The van der Waals surface area contributed by atoms with Gasteiger partial charge in [-0.2, -0.15) is 0 Å². The molecule has 7 heteroatoms. The molecule has 0 bridgehead atoms. The molecule has 2 heterocycles. The standard InChI is InChI=1S/C28H30N6O/c1-32-25-13-12-22(28(35)34-17-15-33(16-18-34)23-5-3-2-4-6-23)19-24(25)31-26(32)14-9-20-7-10-21(11-8-20)27(29)30/h2-8,10-13,19H,9,14-18H2,1H3,(H3,29,30). The van der Waals surface area contributed by atoms with Crippen LogP contribution >= 0.6 is 0 Å². The van der Waals surface area contributed by atoms with E-state index < -0.39 is 0 Å². The Bertz CT molecular complexity index is 1350. The van der Waals surface area contributed by atoms with E-state index in [1.165, 1.54) is 11.3 Å². The highest BCUT2D eigenvalue weighted by Crippen LogP contribution is 2.21. The number of aryl methyl sites for hydroxylation is 3. The molecule has 1 aliphatic rings. The Kier molecular flexibility index (Phi) is 6.23. The van der Waals surface area contributed by atoms with E-state index in [9.17, 15) is 4.79 Å². The Hall–Kier alpha value is -4.13. The number of imidazole rings is 1. The van der Waals surface area contributed by atoms with Crippen molar-refractivity contribution in [3.63, 3.8) is 0 Å². The van der Waals surface area contributed by atoms with Crippen LogP contribution in [0.1, 0.15) is 27.3 Å². The number of fused-ring (bicyclic) bond motifs is 1. The topological polar surface area (TPSA) is 91.2 Å². The van der Waals surface area contributed by atoms with E-state index >= 15 is 0 Å². The number of nitrogens with zero attached hydrogens (tertiary/aromatic N) is 4. The lowest BCUT2D eigenvalue weighted by atomic mass is 10.1. The minimum absolute atomic E-state index is 0.0670. The SMILES string of the molecule is Cn1c(CCc2ccc(C(=N)N)cc2)nc2cc(C(=O)N3CCN(c4ccccc4)CC3)ccc21. The number of carbonyl (C=O) groups is 1. The molecular formula is C28H30N6O. The summed E-state index contributed by atoms with van der Waals surface area (Å²) in [4.78, 5) is 22.3. The third-order valence-electron chi connectivity index (χ3n) is 6.81. The number of nitrogen functional groups attached to an aromatic ring is 1. The van der Waals surface area contributed by atoms with E-state index in [-0.39, 0.29) is 11.7 Å². The van der Waals surface area contributed by atoms with Crippen molar-refractivity contribution >= 4 is 28.5 Å². The fourth-order valence-electron chi connectivity index (χ4n) is 4.70. The lowest BCUT2D eigenvalue weighted by molar-refractivity contribution is 0.0747. The molecule has 1 aromatic heterocycles. The van der Waals surface area contributed by atoms with Gasteiger partial charge in [-0.05, 0) is 42.3 Å². The Morgan fingerprint density at radius 1 is 0.914 bits per heavy atom. The van der Waals surface area contributed by atoms with Crippen molar-refractivity contribution in [2.45, 2.75) is 12.8 Å². The lowest BCUT2D eigenvalue weighted by Gasteiger charge is -2.36. The Balaban J connectivity index is 1.25. The fraction of sp³-hybridized carbons (Fsp3) is 0.250. The second kappa shape index (κ2) is 9.62. The van der Waals surface area contributed by atoms with Crippen LogP contribution in [0.5, 0.6) is 0 Å². The van der Waals surface area contributed by atoms with Crippen LogP contribution in [0.15, 0.2) is 72.8 Å². The molecule has 35 heavy (non-hydrogen) atoms. The van der Waals surface area contributed by atoms with Gasteiger partial charge in [0.25, 0.3) is 5.91 Å². The molecule has 178 valence electrons. The number of para-hydroxylation sites is 1. The lowest BCUT2D eigenvalue weighted by Crippen LogP contribution is -2.48. The Morgan fingerprint density at radius 3 is 2.29 bits per heavy atom. The van der Waals surface area contributed by atoms with Crippen molar-refractivity contribution in [3.05, 3.63) is 95.3 Å². The zero-order valence-corrected chi connectivity index (χ0v) is 19.9. The summed E-state index contributed by atoms with van der Waals surface area (Å²) in [7, 11) is 2.02. The normalized spacial score (nSPS) is 13.9. The summed E-state index contributed by atoms with van der Waals surface area (Å²) in [5.74, 6) is 1.13. The molecule has 1 fully saturated rings. The first-order valence-electron chi connectivity index (χ1n) is 12.0. The van der Waals surface area contributed by atoms with Gasteiger partial charge >= 0.3 is 0 Å². The molecule has 7 nitrogen and oxygen atoms in total. The van der Waals surface area contributed by atoms with Crippen molar-refractivity contribution in [2.75, 3.05) is 31.1 Å². The highest BCUT2D eigenvalue weighted by molar-refractivity contribution is 5.97. The van der Waals surface area contributed by atoms with Crippen LogP contribution in [0.4, 0.5) is 5.69 Å². The molecule has 0 atom stereocenters. The van der Waals surface area contributed by atoms with E-state index in [2.05, 4.69) is 21.6 Å². The van der Waals surface area contributed by atoms with E-state index in [1.54, 1.807) is 0 Å². The second-order valence-electron chi connectivity index (χ2n) is 9.02. The highest BCUT2D eigenvalue weighted by Gasteiger charge is 2.23. The average molecular weight is 467 g/mol. The third kappa shape index (κ3) is 4.75. The number of amides is 1. The summed E-state index contributed by atoms with van der Waals surface area (Å²) >= 11 is 0. The first kappa shape index (κ1) is 22.7. The summed E-state index contributed by atoms with van der Waals surface area (Å²) in [6, 6.07) is 24.0. The number of amidine groups is 1. The zero-order valence-electron chi connectivity index (χ0n) is 19.9. The number of benzene rings is 3. The van der Waals surface area contributed by atoms with Crippen LogP contribution in [0.25, 0.3) is 11.0 Å². The van der Waals surface area contributed by atoms with Gasteiger partial charge in [0.15, 0.2) is 0 Å². The maximum atomic E-state index is 13.2. The van der Waals surface area contributed by atoms with Crippen molar-refractivity contribution in [2.24, 2.45) is 12.8 Å². The number of rotatable bonds is 6. The summed E-state index contributed by atoms with van der Waals surface area (Å²) in [5, 5.41) is 7.53. The number of aromatic nitrogens is 2. The molecule has 3 aromatic carbocycles. The number of anilines is 1. The largest absolute Gasteiger partial charge is 0.384 e. The quantitative estimate of drug-likeness (QED) is 0.336. The molecule has 4 aromatic rings. The van der Waals surface area contributed by atoms with Crippen LogP contribution in [-0.2, 0) is 19.9 Å². The monoisotopic (exact) mass is 466 g/mol. The van der Waals surface area contributed by atoms with Gasteiger partial charge in [0, 0.05) is 56.5 Å². The van der Waals surface area contributed by atoms with Crippen LogP contribution in [0.3, 0.4) is 0 Å². The summed E-state index contributed by atoms with van der Waals surface area (Å²) in [6.07, 6.45) is 1.63. The minimum Gasteiger partial charge on any atom is -0.384 e. The summed E-state index contributed by atoms with van der Waals surface area (Å²) in [5.41, 5.74) is 11.2. The first-order valence-corrected chi connectivity index (χ1v) is 12.0. The number of nitrogens with one attached hydrogen (secondary N) is 1. The predicted molar refractivity (Wildman–Crippen MR) is 140 cm³/mol. The molecule has 0 spiro atoms. The first-order chi connectivity index (χ1) is 17.0. The minimum atomic E-state index is 0.0670. The van der Waals surface area contributed by atoms with Crippen LogP contribution in [0, 0.1) is 5.41 Å². The van der Waals surface area contributed by atoms with Crippen molar-refractivity contribution < 1.29 is 4.79 Å². The number of hydrogen-bond donors (Lipinski definition) is 2. The van der Waals surface area contributed by atoms with Gasteiger partial charge in [0.2, 0.25) is 0 Å². The molecule has 5 rings (SSSR count).